The molecule has 4 nitrogen and oxygen atoms in total. The molecule has 0 aromatic heterocycles. The maximum atomic E-state index is 11.9. The van der Waals surface area contributed by atoms with Crippen LogP contribution in [-0.4, -0.2) is 23.6 Å². The summed E-state index contributed by atoms with van der Waals surface area (Å²) in [5.41, 5.74) is -1.39. The van der Waals surface area contributed by atoms with E-state index in [9.17, 15) is 9.59 Å². The van der Waals surface area contributed by atoms with Crippen LogP contribution in [0.1, 0.15) is 53.9 Å². The number of esters is 2. The van der Waals surface area contributed by atoms with Crippen molar-refractivity contribution < 1.29 is 19.1 Å². The first-order valence-electron chi connectivity index (χ1n) is 6.15. The third-order valence-corrected chi connectivity index (χ3v) is 2.98. The molecule has 0 heterocycles. The molecule has 0 N–H and O–H groups in total. The molecule has 0 amide bonds. The van der Waals surface area contributed by atoms with Crippen molar-refractivity contribution in [1.82, 2.24) is 0 Å². The minimum absolute atomic E-state index is 0.0208. The first kappa shape index (κ1) is 17.2. The molecule has 0 unspecified atom stereocenters. The Bertz CT molecular complexity index is 290. The number of hydrogen-bond donors (Lipinski definition) is 0. The maximum Gasteiger partial charge on any atom is 0.313 e. The molecular weight excluding hydrogens is 256 g/mol. The van der Waals surface area contributed by atoms with Crippen molar-refractivity contribution in [3.8, 4) is 0 Å². The highest BCUT2D eigenvalue weighted by Gasteiger charge is 2.40. The molecule has 0 saturated heterocycles. The average Bonchev–Trinajstić information content (AvgIpc) is 2.23. The lowest BCUT2D eigenvalue weighted by molar-refractivity contribution is -0.167. The zero-order valence-corrected chi connectivity index (χ0v) is 12.6. The van der Waals surface area contributed by atoms with Crippen LogP contribution < -0.4 is 0 Å². The quantitative estimate of drug-likeness (QED) is 0.553. The third kappa shape index (κ3) is 5.25. The van der Waals surface area contributed by atoms with Crippen LogP contribution in [0.4, 0.5) is 0 Å². The van der Waals surface area contributed by atoms with Gasteiger partial charge in [-0.05, 0) is 33.6 Å². The normalized spacial score (nSPS) is 12.1. The van der Waals surface area contributed by atoms with Crippen molar-refractivity contribution in [2.75, 3.05) is 6.07 Å². The van der Waals surface area contributed by atoms with Crippen LogP contribution in [0.5, 0.6) is 0 Å². The highest BCUT2D eigenvalue weighted by molar-refractivity contribution is 6.17. The number of ether oxygens (including phenoxy) is 2. The summed E-state index contributed by atoms with van der Waals surface area (Å²) in [6, 6.07) is -0.200. The Morgan fingerprint density at radius 1 is 1.11 bits per heavy atom. The van der Waals surface area contributed by atoms with E-state index in [2.05, 4.69) is 0 Å². The second-order valence-corrected chi connectivity index (χ2v) is 5.51. The molecule has 106 valence electrons. The number of carbonyl (C=O) groups is 2. The molecule has 0 aliphatic heterocycles. The molecule has 0 bridgehead atoms. The van der Waals surface area contributed by atoms with E-state index in [4.69, 9.17) is 21.1 Å². The zero-order chi connectivity index (χ0) is 14.4. The van der Waals surface area contributed by atoms with Crippen LogP contribution in [0.15, 0.2) is 0 Å². The van der Waals surface area contributed by atoms with Gasteiger partial charge < -0.3 is 9.47 Å². The van der Waals surface area contributed by atoms with Gasteiger partial charge in [0.2, 0.25) is 0 Å². The van der Waals surface area contributed by atoms with Crippen LogP contribution in [0.25, 0.3) is 0 Å². The van der Waals surface area contributed by atoms with Crippen LogP contribution in [-0.2, 0) is 19.1 Å². The number of alkyl halides is 1. The molecule has 0 radical (unpaired) electrons. The summed E-state index contributed by atoms with van der Waals surface area (Å²) >= 11 is 5.40. The molecular formula is C13H23ClO4. The Balaban J connectivity index is 4.81. The van der Waals surface area contributed by atoms with E-state index >= 15 is 0 Å². The lowest BCUT2D eigenvalue weighted by Gasteiger charge is -2.29. The monoisotopic (exact) mass is 278 g/mol. The highest BCUT2D eigenvalue weighted by Crippen LogP contribution is 2.33. The summed E-state index contributed by atoms with van der Waals surface area (Å²) in [4.78, 5) is 23.8. The van der Waals surface area contributed by atoms with Crippen LogP contribution in [0.2, 0.25) is 0 Å². The van der Waals surface area contributed by atoms with E-state index in [1.54, 1.807) is 20.8 Å². The number of hydrogen-bond acceptors (Lipinski definition) is 4. The predicted octanol–water partition coefficient (Wildman–Crippen LogP) is 3.26. The Morgan fingerprint density at radius 3 is 1.94 bits per heavy atom. The third-order valence-electron chi connectivity index (χ3n) is 2.87. The summed E-state index contributed by atoms with van der Waals surface area (Å²) in [6.07, 6.45) is 1.05. The van der Waals surface area contributed by atoms with Gasteiger partial charge in [0.05, 0.1) is 11.8 Å². The van der Waals surface area contributed by atoms with Crippen molar-refractivity contribution in [3.05, 3.63) is 0 Å². The van der Waals surface area contributed by atoms with Crippen LogP contribution in [0.3, 0.4) is 0 Å². The number of halogens is 1. The van der Waals surface area contributed by atoms with E-state index in [-0.39, 0.29) is 12.5 Å². The lowest BCUT2D eigenvalue weighted by Crippen LogP contribution is -2.36. The minimum atomic E-state index is -0.836. The maximum absolute atomic E-state index is 11.9. The molecule has 0 aromatic rings. The Hall–Kier alpha value is -0.770. The molecule has 0 aliphatic carbocycles. The molecule has 0 aliphatic rings. The van der Waals surface area contributed by atoms with Crippen LogP contribution >= 0.6 is 11.6 Å². The summed E-state index contributed by atoms with van der Waals surface area (Å²) in [7, 11) is 0. The SMILES string of the molecule is CCC(CC)(CC(=O)OC(C)(C)C)C(=O)OCCl. The van der Waals surface area contributed by atoms with Gasteiger partial charge in [0.15, 0.2) is 6.07 Å². The van der Waals surface area contributed by atoms with Gasteiger partial charge in [-0.2, -0.15) is 0 Å². The van der Waals surface area contributed by atoms with Gasteiger partial charge in [0.25, 0.3) is 0 Å². The molecule has 0 rings (SSSR count). The van der Waals surface area contributed by atoms with E-state index in [1.165, 1.54) is 0 Å². The van der Waals surface area contributed by atoms with Gasteiger partial charge in [0, 0.05) is 0 Å². The Labute approximate surface area is 114 Å². The lowest BCUT2D eigenvalue weighted by atomic mass is 9.79. The van der Waals surface area contributed by atoms with Crippen molar-refractivity contribution >= 4 is 23.5 Å². The second kappa shape index (κ2) is 6.98. The van der Waals surface area contributed by atoms with Gasteiger partial charge in [-0.15, -0.1) is 0 Å². The van der Waals surface area contributed by atoms with Gasteiger partial charge in [0.1, 0.15) is 5.60 Å². The molecule has 18 heavy (non-hydrogen) atoms. The second-order valence-electron chi connectivity index (χ2n) is 5.29. The molecule has 0 spiro atoms. The highest BCUT2D eigenvalue weighted by atomic mass is 35.5. The summed E-state index contributed by atoms with van der Waals surface area (Å²) in [6.45, 7) is 9.08. The fourth-order valence-electron chi connectivity index (χ4n) is 1.72. The van der Waals surface area contributed by atoms with Crippen molar-refractivity contribution in [2.24, 2.45) is 5.41 Å². The topological polar surface area (TPSA) is 52.6 Å². The van der Waals surface area contributed by atoms with Crippen molar-refractivity contribution in [2.45, 2.75) is 59.5 Å². The smallest absolute Gasteiger partial charge is 0.313 e. The fourth-order valence-corrected chi connectivity index (χ4v) is 1.82. The molecule has 0 saturated carbocycles. The molecule has 5 heteroatoms. The summed E-state index contributed by atoms with van der Waals surface area (Å²) < 4.78 is 10.1. The average molecular weight is 279 g/mol. The van der Waals surface area contributed by atoms with Gasteiger partial charge in [-0.3, -0.25) is 9.59 Å². The standard InChI is InChI=1S/C13H23ClO4/c1-6-13(7-2,11(16)17-9-14)8-10(15)18-12(3,4)5/h6-9H2,1-5H3. The number of carbonyl (C=O) groups excluding carboxylic acids is 2. The number of rotatable bonds is 6. The molecule has 0 atom stereocenters. The zero-order valence-electron chi connectivity index (χ0n) is 11.8. The molecule has 0 aromatic carbocycles. The van der Waals surface area contributed by atoms with E-state index in [0.717, 1.165) is 0 Å². The van der Waals surface area contributed by atoms with Gasteiger partial charge in [-0.1, -0.05) is 25.4 Å². The van der Waals surface area contributed by atoms with E-state index in [0.29, 0.717) is 12.8 Å². The summed E-state index contributed by atoms with van der Waals surface area (Å²) in [5.74, 6) is -0.828. The predicted molar refractivity (Wildman–Crippen MR) is 70.3 cm³/mol. The van der Waals surface area contributed by atoms with E-state index < -0.39 is 23.0 Å². The first-order valence-corrected chi connectivity index (χ1v) is 6.69. The van der Waals surface area contributed by atoms with E-state index in [1.807, 2.05) is 13.8 Å². The summed E-state index contributed by atoms with van der Waals surface area (Å²) in [5, 5.41) is 0. The van der Waals surface area contributed by atoms with Gasteiger partial charge >= 0.3 is 11.9 Å². The van der Waals surface area contributed by atoms with Crippen molar-refractivity contribution in [1.29, 1.82) is 0 Å². The minimum Gasteiger partial charge on any atom is -0.460 e. The first-order chi connectivity index (χ1) is 8.20. The fraction of sp³-hybridized carbons (Fsp3) is 0.846. The molecule has 0 fully saturated rings. The largest absolute Gasteiger partial charge is 0.460 e. The van der Waals surface area contributed by atoms with Gasteiger partial charge in [-0.25, -0.2) is 0 Å². The Morgan fingerprint density at radius 2 is 1.61 bits per heavy atom. The van der Waals surface area contributed by atoms with Crippen LogP contribution in [0, 0.1) is 5.41 Å². The van der Waals surface area contributed by atoms with Crippen molar-refractivity contribution in [3.63, 3.8) is 0 Å². The Kier molecular flexibility index (Phi) is 6.68.